The smallest absolute Gasteiger partial charge is 0.309 e. The van der Waals surface area contributed by atoms with Gasteiger partial charge in [-0.2, -0.15) is 4.98 Å². The number of aliphatic carboxylic acids is 1. The number of carboxylic acid groups (broad SMARTS) is 1. The molecule has 8 nitrogen and oxygen atoms in total. The molecule has 2 aromatic carbocycles. The second-order valence-corrected chi connectivity index (χ2v) is 6.55. The van der Waals surface area contributed by atoms with Gasteiger partial charge in [0, 0.05) is 12.0 Å². The molecule has 30 heavy (non-hydrogen) atoms. The standard InChI is InChI=1S/C22H23N3O5/c1-2-12-29-24-18(14-21(26)27)13-16-8-10-19(11-9-16)28-15-20-23-22(25-30-20)17-6-4-3-5-7-17/h3-11H,2,12-15H2,1H3,(H,26,27)/b24-18-. The van der Waals surface area contributed by atoms with Crippen molar-refractivity contribution in [3.05, 3.63) is 66.1 Å². The summed E-state index contributed by atoms with van der Waals surface area (Å²) in [5.41, 5.74) is 2.24. The fraction of sp³-hybridized carbons (Fsp3) is 0.273. The summed E-state index contributed by atoms with van der Waals surface area (Å²) in [6.07, 6.45) is 1.03. The lowest BCUT2D eigenvalue weighted by atomic mass is 10.1. The lowest BCUT2D eigenvalue weighted by molar-refractivity contribution is -0.135. The number of oxime groups is 1. The highest BCUT2D eigenvalue weighted by molar-refractivity contribution is 5.99. The predicted octanol–water partition coefficient (Wildman–Crippen LogP) is 4.12. The number of ether oxygens (including phenoxy) is 1. The molecule has 0 aliphatic carbocycles. The molecule has 3 aromatic rings. The fourth-order valence-electron chi connectivity index (χ4n) is 2.63. The van der Waals surface area contributed by atoms with Crippen molar-refractivity contribution in [1.82, 2.24) is 10.1 Å². The highest BCUT2D eigenvalue weighted by Crippen LogP contribution is 2.18. The molecule has 0 atom stereocenters. The van der Waals surface area contributed by atoms with E-state index in [9.17, 15) is 4.79 Å². The predicted molar refractivity (Wildman–Crippen MR) is 110 cm³/mol. The lowest BCUT2D eigenvalue weighted by Crippen LogP contribution is -2.11. The summed E-state index contributed by atoms with van der Waals surface area (Å²) in [6.45, 7) is 2.56. The van der Waals surface area contributed by atoms with E-state index in [0.717, 1.165) is 17.5 Å². The molecule has 0 saturated heterocycles. The van der Waals surface area contributed by atoms with E-state index in [-0.39, 0.29) is 13.0 Å². The third kappa shape index (κ3) is 6.44. The molecule has 3 rings (SSSR count). The SMILES string of the molecule is CCCO/N=C(\CC(=O)O)Cc1ccc(OCc2nc(-c3ccccc3)no2)cc1. The first-order valence-electron chi connectivity index (χ1n) is 9.63. The molecular weight excluding hydrogens is 386 g/mol. The van der Waals surface area contributed by atoms with Crippen LogP contribution in [0, 0.1) is 0 Å². The molecule has 8 heteroatoms. The molecule has 0 saturated carbocycles. The van der Waals surface area contributed by atoms with Gasteiger partial charge in [-0.3, -0.25) is 4.79 Å². The minimum absolute atomic E-state index is 0.149. The fourth-order valence-corrected chi connectivity index (χ4v) is 2.63. The van der Waals surface area contributed by atoms with Gasteiger partial charge < -0.3 is 19.2 Å². The van der Waals surface area contributed by atoms with Crippen LogP contribution >= 0.6 is 0 Å². The summed E-state index contributed by atoms with van der Waals surface area (Å²) in [4.78, 5) is 20.5. The van der Waals surface area contributed by atoms with Crippen LogP contribution in [0.15, 0.2) is 64.3 Å². The largest absolute Gasteiger partial charge is 0.484 e. The number of carboxylic acids is 1. The Morgan fingerprint density at radius 2 is 1.90 bits per heavy atom. The molecule has 0 radical (unpaired) electrons. The normalized spacial score (nSPS) is 11.3. The van der Waals surface area contributed by atoms with Crippen molar-refractivity contribution in [2.45, 2.75) is 32.8 Å². The maximum absolute atomic E-state index is 11.0. The van der Waals surface area contributed by atoms with E-state index < -0.39 is 5.97 Å². The third-order valence-corrected chi connectivity index (χ3v) is 4.04. The van der Waals surface area contributed by atoms with Crippen molar-refractivity contribution in [2.24, 2.45) is 5.16 Å². The van der Waals surface area contributed by atoms with Gasteiger partial charge in [-0.05, 0) is 24.1 Å². The summed E-state index contributed by atoms with van der Waals surface area (Å²) < 4.78 is 10.9. The van der Waals surface area contributed by atoms with Crippen molar-refractivity contribution in [3.63, 3.8) is 0 Å². The molecule has 0 amide bonds. The van der Waals surface area contributed by atoms with E-state index in [1.165, 1.54) is 0 Å². The first kappa shape index (κ1) is 21.0. The summed E-state index contributed by atoms with van der Waals surface area (Å²) in [6, 6.07) is 16.9. The highest BCUT2D eigenvalue weighted by Gasteiger charge is 2.10. The van der Waals surface area contributed by atoms with E-state index in [1.54, 1.807) is 12.1 Å². The minimum Gasteiger partial charge on any atom is -0.484 e. The number of nitrogens with zero attached hydrogens (tertiary/aromatic N) is 3. The van der Waals surface area contributed by atoms with Gasteiger partial charge in [0.1, 0.15) is 12.4 Å². The van der Waals surface area contributed by atoms with Crippen molar-refractivity contribution in [1.29, 1.82) is 0 Å². The van der Waals surface area contributed by atoms with Gasteiger partial charge >= 0.3 is 5.97 Å². The molecule has 0 fully saturated rings. The summed E-state index contributed by atoms with van der Waals surface area (Å²) in [5.74, 6) is 0.586. The van der Waals surface area contributed by atoms with Gasteiger partial charge in [-0.25, -0.2) is 0 Å². The molecular formula is C22H23N3O5. The van der Waals surface area contributed by atoms with Crippen LogP contribution in [0.1, 0.15) is 31.2 Å². The number of hydrogen-bond donors (Lipinski definition) is 1. The number of carbonyl (C=O) groups is 1. The molecule has 0 bridgehead atoms. The van der Waals surface area contributed by atoms with Gasteiger partial charge in [0.05, 0.1) is 12.1 Å². The average Bonchev–Trinajstić information content (AvgIpc) is 3.23. The second-order valence-electron chi connectivity index (χ2n) is 6.55. The zero-order valence-corrected chi connectivity index (χ0v) is 16.7. The van der Waals surface area contributed by atoms with Crippen molar-refractivity contribution >= 4 is 11.7 Å². The van der Waals surface area contributed by atoms with Crippen LogP contribution in [0.4, 0.5) is 0 Å². The quantitative estimate of drug-likeness (QED) is 0.288. The minimum atomic E-state index is -0.941. The Kier molecular flexibility index (Phi) is 7.54. The number of benzene rings is 2. The van der Waals surface area contributed by atoms with Gasteiger partial charge in [-0.15, -0.1) is 0 Å². The number of aromatic nitrogens is 2. The molecule has 156 valence electrons. The van der Waals surface area contributed by atoms with Crippen molar-refractivity contribution in [2.75, 3.05) is 6.61 Å². The zero-order valence-electron chi connectivity index (χ0n) is 16.7. The maximum Gasteiger partial charge on any atom is 0.309 e. The molecule has 0 aliphatic rings. The van der Waals surface area contributed by atoms with Crippen LogP contribution in [0.3, 0.4) is 0 Å². The number of rotatable bonds is 11. The molecule has 0 aliphatic heterocycles. The van der Waals surface area contributed by atoms with Crippen LogP contribution in [0.25, 0.3) is 11.4 Å². The molecule has 1 heterocycles. The Balaban J connectivity index is 1.56. The van der Waals surface area contributed by atoms with Gasteiger partial charge in [-0.1, -0.05) is 59.7 Å². The summed E-state index contributed by atoms with van der Waals surface area (Å²) in [7, 11) is 0. The maximum atomic E-state index is 11.0. The summed E-state index contributed by atoms with van der Waals surface area (Å²) in [5, 5.41) is 17.0. The van der Waals surface area contributed by atoms with Gasteiger partial charge in [0.25, 0.3) is 5.89 Å². The van der Waals surface area contributed by atoms with Gasteiger partial charge in [0.2, 0.25) is 5.82 Å². The Morgan fingerprint density at radius 3 is 2.60 bits per heavy atom. The van der Waals surface area contributed by atoms with E-state index >= 15 is 0 Å². The molecule has 1 aromatic heterocycles. The molecule has 0 unspecified atom stereocenters. The lowest BCUT2D eigenvalue weighted by Gasteiger charge is -2.07. The van der Waals surface area contributed by atoms with E-state index in [0.29, 0.717) is 36.2 Å². The van der Waals surface area contributed by atoms with E-state index in [4.69, 9.17) is 19.2 Å². The molecule has 0 spiro atoms. The summed E-state index contributed by atoms with van der Waals surface area (Å²) >= 11 is 0. The monoisotopic (exact) mass is 409 g/mol. The van der Waals surface area contributed by atoms with Crippen LogP contribution < -0.4 is 4.74 Å². The van der Waals surface area contributed by atoms with Crippen molar-refractivity contribution < 1.29 is 24.0 Å². The molecule has 1 N–H and O–H groups in total. The Hall–Kier alpha value is -3.68. The van der Waals surface area contributed by atoms with Crippen LogP contribution in [0.5, 0.6) is 5.75 Å². The van der Waals surface area contributed by atoms with Crippen LogP contribution in [-0.2, 0) is 22.7 Å². The average molecular weight is 409 g/mol. The van der Waals surface area contributed by atoms with E-state index in [2.05, 4.69) is 15.3 Å². The van der Waals surface area contributed by atoms with Crippen LogP contribution in [-0.4, -0.2) is 33.5 Å². The van der Waals surface area contributed by atoms with E-state index in [1.807, 2.05) is 49.4 Å². The van der Waals surface area contributed by atoms with Crippen molar-refractivity contribution in [3.8, 4) is 17.1 Å². The second kappa shape index (κ2) is 10.8. The Labute approximate surface area is 174 Å². The topological polar surface area (TPSA) is 107 Å². The number of hydrogen-bond acceptors (Lipinski definition) is 7. The zero-order chi connectivity index (χ0) is 21.2. The van der Waals surface area contributed by atoms with Gasteiger partial charge in [0.15, 0.2) is 6.61 Å². The first-order chi connectivity index (χ1) is 14.6. The highest BCUT2D eigenvalue weighted by atomic mass is 16.6. The third-order valence-electron chi connectivity index (χ3n) is 4.04. The first-order valence-corrected chi connectivity index (χ1v) is 9.63. The van der Waals surface area contributed by atoms with Crippen LogP contribution in [0.2, 0.25) is 0 Å². The Bertz CT molecular complexity index is 968. The Morgan fingerprint density at radius 1 is 1.13 bits per heavy atom.